The molecular formula is C20H18O4S. The number of hydrogen-bond donors (Lipinski definition) is 2. The van der Waals surface area contributed by atoms with E-state index in [0.717, 1.165) is 0 Å². The first-order valence-electron chi connectivity index (χ1n) is 7.78. The maximum atomic E-state index is 12.3. The molecule has 3 aromatic carbocycles. The highest BCUT2D eigenvalue weighted by Crippen LogP contribution is 2.45. The second-order valence-corrected chi connectivity index (χ2v) is 7.31. The molecule has 2 N–H and O–H groups in total. The molecule has 0 radical (unpaired) electrons. The topological polar surface area (TPSA) is 74.6 Å². The third-order valence-electron chi connectivity index (χ3n) is 4.21. The monoisotopic (exact) mass is 354 g/mol. The minimum Gasteiger partial charge on any atom is -0.379 e. The van der Waals surface area contributed by atoms with Crippen LogP contribution in [0.1, 0.15) is 21.9 Å². The van der Waals surface area contributed by atoms with Crippen LogP contribution in [0, 0.1) is 0 Å². The van der Waals surface area contributed by atoms with Gasteiger partial charge in [-0.3, -0.25) is 4.55 Å². The number of rotatable bonds is 5. The smallest absolute Gasteiger partial charge is 0.275 e. The summed E-state index contributed by atoms with van der Waals surface area (Å²) >= 11 is 0. The van der Waals surface area contributed by atoms with Crippen molar-refractivity contribution in [1.82, 2.24) is 0 Å². The van der Waals surface area contributed by atoms with Crippen LogP contribution in [0.5, 0.6) is 0 Å². The zero-order chi connectivity index (χ0) is 17.9. The van der Waals surface area contributed by atoms with E-state index in [1.165, 1.54) is 0 Å². The zero-order valence-corrected chi connectivity index (χ0v) is 14.2. The third kappa shape index (κ3) is 3.35. The molecule has 5 heteroatoms. The Kier molecular flexibility index (Phi) is 4.72. The summed E-state index contributed by atoms with van der Waals surface area (Å²) < 4.78 is 34.6. The number of benzene rings is 3. The average Bonchev–Trinajstić information content (AvgIpc) is 2.63. The van der Waals surface area contributed by atoms with E-state index in [-0.39, 0.29) is 0 Å². The van der Waals surface area contributed by atoms with Gasteiger partial charge in [-0.1, -0.05) is 91.0 Å². The van der Waals surface area contributed by atoms with Crippen molar-refractivity contribution in [3.63, 3.8) is 0 Å². The first-order chi connectivity index (χ1) is 11.9. The Labute approximate surface area is 147 Å². The molecule has 0 fully saturated rings. The van der Waals surface area contributed by atoms with E-state index in [1.54, 1.807) is 91.0 Å². The molecule has 128 valence electrons. The summed E-state index contributed by atoms with van der Waals surface area (Å²) in [5.74, 6) is 0. The van der Waals surface area contributed by atoms with Crippen molar-refractivity contribution in [3.8, 4) is 0 Å². The molecule has 0 heterocycles. The minimum absolute atomic E-state index is 0.306. The summed E-state index contributed by atoms with van der Waals surface area (Å²) in [6.45, 7) is 0. The predicted molar refractivity (Wildman–Crippen MR) is 96.6 cm³/mol. The van der Waals surface area contributed by atoms with Gasteiger partial charge in [0.25, 0.3) is 10.1 Å². The number of hydrogen-bond acceptors (Lipinski definition) is 3. The summed E-state index contributed by atoms with van der Waals surface area (Å²) in [6, 6.07) is 25.3. The lowest BCUT2D eigenvalue weighted by molar-refractivity contribution is 0.0720. The molecule has 1 atom stereocenters. The van der Waals surface area contributed by atoms with E-state index in [2.05, 4.69) is 0 Å². The summed E-state index contributed by atoms with van der Waals surface area (Å²) in [5, 5.41) is 10.1. The highest BCUT2D eigenvalue weighted by Gasteiger charge is 2.48. The Morgan fingerprint density at radius 3 is 1.40 bits per heavy atom. The first-order valence-corrected chi connectivity index (χ1v) is 9.29. The SMILES string of the molecule is O=S(=O)(O)[C@@H](c1ccccc1)C(O)(c1ccccc1)c1ccccc1. The standard InChI is InChI=1S/C20H18O4S/c21-20(17-12-6-2-7-13-17,18-14-8-3-9-15-18)19(25(22,23)24)16-10-4-1-5-11-16/h1-15,19,21H,(H,22,23,24)/t19-/m0/s1. The predicted octanol–water partition coefficient (Wildman–Crippen LogP) is 3.55. The molecule has 0 aliphatic heterocycles. The Morgan fingerprint density at radius 1 is 0.680 bits per heavy atom. The van der Waals surface area contributed by atoms with Crippen LogP contribution in [0.3, 0.4) is 0 Å². The lowest BCUT2D eigenvalue weighted by Crippen LogP contribution is -2.39. The lowest BCUT2D eigenvalue weighted by atomic mass is 9.81. The second kappa shape index (κ2) is 6.80. The van der Waals surface area contributed by atoms with Gasteiger partial charge in [-0.15, -0.1) is 0 Å². The van der Waals surface area contributed by atoms with Crippen molar-refractivity contribution in [2.75, 3.05) is 0 Å². The molecular weight excluding hydrogens is 336 g/mol. The molecule has 3 rings (SSSR count). The van der Waals surface area contributed by atoms with Gasteiger partial charge in [0.1, 0.15) is 10.9 Å². The molecule has 0 saturated carbocycles. The van der Waals surface area contributed by atoms with Crippen LogP contribution >= 0.6 is 0 Å². The van der Waals surface area contributed by atoms with Gasteiger partial charge in [0, 0.05) is 0 Å². The maximum Gasteiger partial charge on any atom is 0.275 e. The Balaban J connectivity index is 2.33. The average molecular weight is 354 g/mol. The van der Waals surface area contributed by atoms with Gasteiger partial charge in [-0.25, -0.2) is 0 Å². The molecule has 0 amide bonds. The Bertz CT molecular complexity index is 884. The largest absolute Gasteiger partial charge is 0.379 e. The van der Waals surface area contributed by atoms with Crippen LogP contribution < -0.4 is 0 Å². The Morgan fingerprint density at radius 2 is 1.04 bits per heavy atom. The van der Waals surface area contributed by atoms with E-state index >= 15 is 0 Å². The maximum absolute atomic E-state index is 12.3. The fourth-order valence-corrected chi connectivity index (χ4v) is 4.31. The third-order valence-corrected chi connectivity index (χ3v) is 5.42. The summed E-state index contributed by atoms with van der Waals surface area (Å²) in [6.07, 6.45) is 0. The fraction of sp³-hybridized carbons (Fsp3) is 0.100. The van der Waals surface area contributed by atoms with Crippen molar-refractivity contribution in [3.05, 3.63) is 108 Å². The van der Waals surface area contributed by atoms with E-state index in [4.69, 9.17) is 0 Å². The van der Waals surface area contributed by atoms with Crippen LogP contribution in [-0.4, -0.2) is 18.1 Å². The first kappa shape index (κ1) is 17.4. The summed E-state index contributed by atoms with van der Waals surface area (Å²) in [7, 11) is -4.62. The van der Waals surface area contributed by atoms with E-state index in [1.807, 2.05) is 0 Å². The summed E-state index contributed by atoms with van der Waals surface area (Å²) in [5.41, 5.74) is -0.877. The van der Waals surface area contributed by atoms with E-state index in [9.17, 15) is 18.1 Å². The van der Waals surface area contributed by atoms with Crippen LogP contribution in [0.2, 0.25) is 0 Å². The lowest BCUT2D eigenvalue weighted by Gasteiger charge is -2.35. The molecule has 0 aliphatic carbocycles. The molecule has 0 aliphatic rings. The van der Waals surface area contributed by atoms with Gasteiger partial charge in [-0.2, -0.15) is 8.42 Å². The van der Waals surface area contributed by atoms with Crippen molar-refractivity contribution in [2.24, 2.45) is 0 Å². The molecule has 3 aromatic rings. The summed E-state index contributed by atoms with van der Waals surface area (Å²) in [4.78, 5) is 0. The van der Waals surface area contributed by atoms with Gasteiger partial charge >= 0.3 is 0 Å². The Hall–Kier alpha value is -2.47. The normalized spacial score (nSPS) is 13.4. The number of aliphatic hydroxyl groups is 1. The molecule has 0 bridgehead atoms. The highest BCUT2D eigenvalue weighted by molar-refractivity contribution is 7.86. The quantitative estimate of drug-likeness (QED) is 0.687. The van der Waals surface area contributed by atoms with Crippen LogP contribution in [0.15, 0.2) is 91.0 Å². The van der Waals surface area contributed by atoms with E-state index < -0.39 is 21.0 Å². The van der Waals surface area contributed by atoms with Crippen molar-refractivity contribution < 1.29 is 18.1 Å². The molecule has 0 saturated heterocycles. The van der Waals surface area contributed by atoms with E-state index in [0.29, 0.717) is 16.7 Å². The zero-order valence-electron chi connectivity index (χ0n) is 13.4. The molecule has 0 unspecified atom stereocenters. The fourth-order valence-electron chi connectivity index (χ4n) is 3.11. The molecule has 4 nitrogen and oxygen atoms in total. The highest BCUT2D eigenvalue weighted by atomic mass is 32.2. The molecule has 0 spiro atoms. The van der Waals surface area contributed by atoms with Crippen LogP contribution in [-0.2, 0) is 15.7 Å². The van der Waals surface area contributed by atoms with Crippen molar-refractivity contribution >= 4 is 10.1 Å². The second-order valence-electron chi connectivity index (χ2n) is 5.80. The van der Waals surface area contributed by atoms with Gasteiger partial charge in [0.15, 0.2) is 0 Å². The molecule has 25 heavy (non-hydrogen) atoms. The van der Waals surface area contributed by atoms with Crippen LogP contribution in [0.4, 0.5) is 0 Å². The van der Waals surface area contributed by atoms with Gasteiger partial charge < -0.3 is 5.11 Å². The van der Waals surface area contributed by atoms with Gasteiger partial charge in [-0.05, 0) is 16.7 Å². The van der Waals surface area contributed by atoms with Crippen molar-refractivity contribution in [2.45, 2.75) is 10.9 Å². The van der Waals surface area contributed by atoms with Gasteiger partial charge in [0.2, 0.25) is 0 Å². The van der Waals surface area contributed by atoms with Gasteiger partial charge in [0.05, 0.1) is 0 Å². The van der Waals surface area contributed by atoms with Crippen LogP contribution in [0.25, 0.3) is 0 Å². The van der Waals surface area contributed by atoms with Crippen molar-refractivity contribution in [1.29, 1.82) is 0 Å². The molecule has 0 aromatic heterocycles. The minimum atomic E-state index is -4.62.